The summed E-state index contributed by atoms with van der Waals surface area (Å²) >= 11 is 0. The first kappa shape index (κ1) is 13.8. The summed E-state index contributed by atoms with van der Waals surface area (Å²) in [7, 11) is 0. The second-order valence-corrected chi connectivity index (χ2v) is 4.30. The average molecular weight is 265 g/mol. The topological polar surface area (TPSA) is 80.4 Å². The number of nitrogens with one attached hydrogen (secondary N) is 1. The molecule has 6 nitrogen and oxygen atoms in total. The summed E-state index contributed by atoms with van der Waals surface area (Å²) in [4.78, 5) is 8.37. The van der Waals surface area contributed by atoms with E-state index in [9.17, 15) is 0 Å². The number of aliphatic hydroxyl groups excluding tert-OH is 1. The third kappa shape index (κ3) is 3.21. The quantitative estimate of drug-likeness (QED) is 0.741. The van der Waals surface area contributed by atoms with E-state index in [4.69, 9.17) is 14.3 Å². The molecule has 0 spiro atoms. The SMILES string of the molecule is Cc1oc2ncnc(NCCCOCCO)c2c1C. The minimum absolute atomic E-state index is 0.0629. The van der Waals surface area contributed by atoms with E-state index in [2.05, 4.69) is 15.3 Å². The van der Waals surface area contributed by atoms with Crippen LogP contribution in [0.2, 0.25) is 0 Å². The summed E-state index contributed by atoms with van der Waals surface area (Å²) in [5.41, 5.74) is 1.68. The summed E-state index contributed by atoms with van der Waals surface area (Å²) in [5, 5.41) is 12.8. The number of fused-ring (bicyclic) bond motifs is 1. The van der Waals surface area contributed by atoms with Crippen molar-refractivity contribution in [3.05, 3.63) is 17.7 Å². The molecular weight excluding hydrogens is 246 g/mol. The van der Waals surface area contributed by atoms with Crippen LogP contribution in [0.3, 0.4) is 0 Å². The highest BCUT2D eigenvalue weighted by Gasteiger charge is 2.12. The van der Waals surface area contributed by atoms with Gasteiger partial charge in [-0.05, 0) is 20.3 Å². The number of furan rings is 1. The number of rotatable bonds is 7. The molecule has 2 rings (SSSR count). The Morgan fingerprint density at radius 1 is 1.32 bits per heavy atom. The van der Waals surface area contributed by atoms with Crippen LogP contribution in [0, 0.1) is 13.8 Å². The van der Waals surface area contributed by atoms with Crippen molar-refractivity contribution in [3.8, 4) is 0 Å². The van der Waals surface area contributed by atoms with Crippen LogP contribution in [0.25, 0.3) is 11.1 Å². The van der Waals surface area contributed by atoms with Gasteiger partial charge in [0.15, 0.2) is 0 Å². The zero-order valence-corrected chi connectivity index (χ0v) is 11.3. The molecule has 6 heteroatoms. The molecule has 19 heavy (non-hydrogen) atoms. The highest BCUT2D eigenvalue weighted by atomic mass is 16.5. The van der Waals surface area contributed by atoms with Gasteiger partial charge in [-0.2, -0.15) is 0 Å². The normalized spacial score (nSPS) is 11.1. The lowest BCUT2D eigenvalue weighted by Crippen LogP contribution is -2.08. The molecule has 0 bridgehead atoms. The van der Waals surface area contributed by atoms with Crippen molar-refractivity contribution in [1.82, 2.24) is 9.97 Å². The number of hydrogen-bond acceptors (Lipinski definition) is 6. The van der Waals surface area contributed by atoms with E-state index < -0.39 is 0 Å². The first-order chi connectivity index (χ1) is 9.24. The largest absolute Gasteiger partial charge is 0.443 e. The Labute approximate surface area is 111 Å². The summed E-state index contributed by atoms with van der Waals surface area (Å²) in [6.07, 6.45) is 2.34. The maximum atomic E-state index is 8.58. The number of ether oxygens (including phenoxy) is 1. The monoisotopic (exact) mass is 265 g/mol. The average Bonchev–Trinajstić information content (AvgIpc) is 2.70. The van der Waals surface area contributed by atoms with E-state index >= 15 is 0 Å². The molecule has 0 fully saturated rings. The molecule has 0 aliphatic heterocycles. The lowest BCUT2D eigenvalue weighted by atomic mass is 10.2. The van der Waals surface area contributed by atoms with Crippen molar-refractivity contribution in [3.63, 3.8) is 0 Å². The maximum Gasteiger partial charge on any atom is 0.231 e. The predicted octanol–water partition coefficient (Wildman–Crippen LogP) is 1.65. The molecule has 0 aliphatic carbocycles. The highest BCUT2D eigenvalue weighted by molar-refractivity contribution is 5.89. The van der Waals surface area contributed by atoms with Crippen LogP contribution in [0.15, 0.2) is 10.7 Å². The van der Waals surface area contributed by atoms with E-state index in [0.717, 1.165) is 35.5 Å². The summed E-state index contributed by atoms with van der Waals surface area (Å²) < 4.78 is 10.7. The zero-order chi connectivity index (χ0) is 13.7. The van der Waals surface area contributed by atoms with Gasteiger partial charge in [0, 0.05) is 18.7 Å². The molecular formula is C13H19N3O3. The Hall–Kier alpha value is -1.66. The van der Waals surface area contributed by atoms with Crippen molar-refractivity contribution in [2.45, 2.75) is 20.3 Å². The van der Waals surface area contributed by atoms with Crippen LogP contribution >= 0.6 is 0 Å². The van der Waals surface area contributed by atoms with Crippen LogP contribution in [0.5, 0.6) is 0 Å². The molecule has 2 aromatic rings. The number of anilines is 1. The maximum absolute atomic E-state index is 8.58. The third-order valence-electron chi connectivity index (χ3n) is 2.96. The summed E-state index contributed by atoms with van der Waals surface area (Å²) in [6.45, 7) is 5.74. The van der Waals surface area contributed by atoms with Gasteiger partial charge in [-0.3, -0.25) is 0 Å². The number of aromatic nitrogens is 2. The Bertz CT molecular complexity index is 539. The number of hydrogen-bond donors (Lipinski definition) is 2. The second kappa shape index (κ2) is 6.49. The fourth-order valence-electron chi connectivity index (χ4n) is 1.86. The van der Waals surface area contributed by atoms with Gasteiger partial charge in [-0.25, -0.2) is 9.97 Å². The molecule has 0 saturated carbocycles. The van der Waals surface area contributed by atoms with E-state index in [-0.39, 0.29) is 6.61 Å². The molecule has 2 aromatic heterocycles. The lowest BCUT2D eigenvalue weighted by molar-refractivity contribution is 0.0922. The Morgan fingerprint density at radius 3 is 2.95 bits per heavy atom. The van der Waals surface area contributed by atoms with E-state index in [1.165, 1.54) is 6.33 Å². The van der Waals surface area contributed by atoms with E-state index in [0.29, 0.717) is 18.9 Å². The van der Waals surface area contributed by atoms with Gasteiger partial charge in [-0.15, -0.1) is 0 Å². The van der Waals surface area contributed by atoms with Crippen LogP contribution in [-0.2, 0) is 4.74 Å². The Balaban J connectivity index is 1.97. The van der Waals surface area contributed by atoms with Gasteiger partial charge in [-0.1, -0.05) is 0 Å². The van der Waals surface area contributed by atoms with Crippen LogP contribution < -0.4 is 5.32 Å². The van der Waals surface area contributed by atoms with Gasteiger partial charge in [0.25, 0.3) is 0 Å². The van der Waals surface area contributed by atoms with E-state index in [1.54, 1.807) is 0 Å². The molecule has 0 saturated heterocycles. The first-order valence-electron chi connectivity index (χ1n) is 6.37. The molecule has 0 aliphatic rings. The molecule has 104 valence electrons. The molecule has 0 unspecified atom stereocenters. The second-order valence-electron chi connectivity index (χ2n) is 4.30. The molecule has 2 heterocycles. The third-order valence-corrected chi connectivity index (χ3v) is 2.96. The predicted molar refractivity (Wildman–Crippen MR) is 72.3 cm³/mol. The molecule has 0 amide bonds. The van der Waals surface area contributed by atoms with Crippen molar-refractivity contribution in [2.24, 2.45) is 0 Å². The minimum Gasteiger partial charge on any atom is -0.443 e. The summed E-state index contributed by atoms with van der Waals surface area (Å²) in [5.74, 6) is 1.66. The molecule has 0 radical (unpaired) electrons. The fourth-order valence-corrected chi connectivity index (χ4v) is 1.86. The summed E-state index contributed by atoms with van der Waals surface area (Å²) in [6, 6.07) is 0. The standard InChI is InChI=1S/C13H19N3O3/c1-9-10(2)19-13-11(9)12(15-8-16-13)14-4-3-6-18-7-5-17/h8,17H,3-7H2,1-2H3,(H,14,15,16). The number of aryl methyl sites for hydroxylation is 2. The van der Waals surface area contributed by atoms with Crippen molar-refractivity contribution in [1.29, 1.82) is 0 Å². The Morgan fingerprint density at radius 2 is 2.16 bits per heavy atom. The molecule has 0 aromatic carbocycles. The van der Waals surface area contributed by atoms with Crippen LogP contribution in [-0.4, -0.2) is 41.4 Å². The zero-order valence-electron chi connectivity index (χ0n) is 11.3. The smallest absolute Gasteiger partial charge is 0.231 e. The van der Waals surface area contributed by atoms with E-state index in [1.807, 2.05) is 13.8 Å². The van der Waals surface area contributed by atoms with Crippen molar-refractivity contribution < 1.29 is 14.3 Å². The fraction of sp³-hybridized carbons (Fsp3) is 0.538. The molecule has 2 N–H and O–H groups in total. The van der Waals surface area contributed by atoms with Crippen molar-refractivity contribution in [2.75, 3.05) is 31.7 Å². The lowest BCUT2D eigenvalue weighted by Gasteiger charge is -2.06. The van der Waals surface area contributed by atoms with Crippen molar-refractivity contribution >= 4 is 16.9 Å². The number of nitrogens with zero attached hydrogens (tertiary/aromatic N) is 2. The van der Waals surface area contributed by atoms with Gasteiger partial charge in [0.05, 0.1) is 18.6 Å². The van der Waals surface area contributed by atoms with Gasteiger partial charge < -0.3 is 19.6 Å². The number of aliphatic hydroxyl groups is 1. The van der Waals surface area contributed by atoms with Crippen LogP contribution in [0.4, 0.5) is 5.82 Å². The minimum atomic E-state index is 0.0629. The van der Waals surface area contributed by atoms with Crippen LogP contribution in [0.1, 0.15) is 17.7 Å². The van der Waals surface area contributed by atoms with Gasteiger partial charge >= 0.3 is 0 Å². The molecule has 0 atom stereocenters. The van der Waals surface area contributed by atoms with Gasteiger partial charge in [0.2, 0.25) is 5.71 Å². The highest BCUT2D eigenvalue weighted by Crippen LogP contribution is 2.27. The first-order valence-corrected chi connectivity index (χ1v) is 6.37. The van der Waals surface area contributed by atoms with Gasteiger partial charge in [0.1, 0.15) is 17.9 Å². The Kier molecular flexibility index (Phi) is 4.70.